The average molecular weight is 332 g/mol. The van der Waals surface area contributed by atoms with Gasteiger partial charge < -0.3 is 9.80 Å². The molecule has 0 radical (unpaired) electrons. The van der Waals surface area contributed by atoms with Crippen molar-refractivity contribution < 1.29 is 0 Å². The molecule has 0 unspecified atom stereocenters. The second-order valence-electron chi connectivity index (χ2n) is 7.82. The van der Waals surface area contributed by atoms with Crippen LogP contribution in [0, 0.1) is 5.92 Å². The standard InChI is InChI=1S/C19H33N5/c1-16(2)19-20-14-18(15-21-19)24-12-10-23(11-13-24)9-6-17-4-7-22(3)8-5-17/h14-17H,4-13H2,1-3H3. The molecule has 0 atom stereocenters. The number of piperidine rings is 1. The van der Waals surface area contributed by atoms with Gasteiger partial charge in [0, 0.05) is 32.1 Å². The number of hydrogen-bond donors (Lipinski definition) is 0. The zero-order valence-corrected chi connectivity index (χ0v) is 15.6. The lowest BCUT2D eigenvalue weighted by molar-refractivity contribution is 0.182. The van der Waals surface area contributed by atoms with Crippen LogP contribution in [0.2, 0.25) is 0 Å². The third-order valence-corrected chi connectivity index (χ3v) is 5.60. The Balaban J connectivity index is 1.40. The summed E-state index contributed by atoms with van der Waals surface area (Å²) in [5.41, 5.74) is 1.18. The number of aromatic nitrogens is 2. The maximum absolute atomic E-state index is 4.51. The van der Waals surface area contributed by atoms with Crippen molar-refractivity contribution in [2.45, 2.75) is 39.0 Å². The summed E-state index contributed by atoms with van der Waals surface area (Å²) in [6.45, 7) is 12.6. The molecule has 24 heavy (non-hydrogen) atoms. The van der Waals surface area contributed by atoms with E-state index in [9.17, 15) is 0 Å². The van der Waals surface area contributed by atoms with E-state index in [2.05, 4.69) is 45.6 Å². The summed E-state index contributed by atoms with van der Waals surface area (Å²) in [6.07, 6.45) is 8.14. The molecule has 2 fully saturated rings. The maximum atomic E-state index is 4.51. The molecule has 0 bridgehead atoms. The molecule has 0 amide bonds. The summed E-state index contributed by atoms with van der Waals surface area (Å²) in [5, 5.41) is 0. The smallest absolute Gasteiger partial charge is 0.130 e. The van der Waals surface area contributed by atoms with Crippen LogP contribution >= 0.6 is 0 Å². The van der Waals surface area contributed by atoms with Gasteiger partial charge in [-0.3, -0.25) is 4.90 Å². The lowest BCUT2D eigenvalue weighted by atomic mass is 9.93. The molecule has 3 heterocycles. The predicted octanol–water partition coefficient (Wildman–Crippen LogP) is 2.45. The highest BCUT2D eigenvalue weighted by molar-refractivity contribution is 5.42. The van der Waals surface area contributed by atoms with Crippen LogP contribution in [0.3, 0.4) is 0 Å². The van der Waals surface area contributed by atoms with E-state index in [1.807, 2.05) is 12.4 Å². The van der Waals surface area contributed by atoms with Crippen LogP contribution in [0.15, 0.2) is 12.4 Å². The van der Waals surface area contributed by atoms with Crippen LogP contribution in [-0.2, 0) is 0 Å². The Morgan fingerprint density at radius 2 is 1.62 bits per heavy atom. The minimum Gasteiger partial charge on any atom is -0.366 e. The van der Waals surface area contributed by atoms with Crippen LogP contribution in [0.1, 0.15) is 44.9 Å². The lowest BCUT2D eigenvalue weighted by Gasteiger charge is -2.37. The molecule has 5 heteroatoms. The summed E-state index contributed by atoms with van der Waals surface area (Å²) in [7, 11) is 2.24. The first-order valence-corrected chi connectivity index (χ1v) is 9.59. The molecular formula is C19H33N5. The summed E-state index contributed by atoms with van der Waals surface area (Å²) >= 11 is 0. The van der Waals surface area contributed by atoms with Crippen LogP contribution in [-0.4, -0.2) is 72.6 Å². The van der Waals surface area contributed by atoms with E-state index in [0.717, 1.165) is 24.8 Å². The molecule has 0 N–H and O–H groups in total. The van der Waals surface area contributed by atoms with E-state index in [1.165, 1.54) is 57.7 Å². The molecule has 2 aliphatic rings. The molecule has 1 aromatic rings. The Labute approximate surface area is 147 Å². The Hall–Kier alpha value is -1.20. The highest BCUT2D eigenvalue weighted by Gasteiger charge is 2.21. The number of rotatable bonds is 5. The number of likely N-dealkylation sites (tertiary alicyclic amines) is 1. The van der Waals surface area contributed by atoms with Crippen molar-refractivity contribution in [2.75, 3.05) is 57.8 Å². The van der Waals surface area contributed by atoms with Crippen molar-refractivity contribution in [2.24, 2.45) is 5.92 Å². The second-order valence-corrected chi connectivity index (χ2v) is 7.82. The van der Waals surface area contributed by atoms with E-state index in [0.29, 0.717) is 5.92 Å². The molecule has 1 aromatic heterocycles. The molecule has 2 aliphatic heterocycles. The van der Waals surface area contributed by atoms with Crippen LogP contribution in [0.4, 0.5) is 5.69 Å². The van der Waals surface area contributed by atoms with Gasteiger partial charge in [-0.25, -0.2) is 9.97 Å². The molecular weight excluding hydrogens is 298 g/mol. The SMILES string of the molecule is CC(C)c1ncc(N2CCN(CCC3CCN(C)CC3)CC2)cn1. The fourth-order valence-electron chi connectivity index (χ4n) is 3.74. The van der Waals surface area contributed by atoms with Gasteiger partial charge in [0.15, 0.2) is 0 Å². The first-order chi connectivity index (χ1) is 11.6. The van der Waals surface area contributed by atoms with Crippen molar-refractivity contribution in [3.8, 4) is 0 Å². The first-order valence-electron chi connectivity index (χ1n) is 9.59. The minimum absolute atomic E-state index is 0.399. The number of nitrogens with zero attached hydrogens (tertiary/aromatic N) is 5. The Morgan fingerprint density at radius 1 is 1.00 bits per heavy atom. The minimum atomic E-state index is 0.399. The fourth-order valence-corrected chi connectivity index (χ4v) is 3.74. The van der Waals surface area contributed by atoms with E-state index >= 15 is 0 Å². The van der Waals surface area contributed by atoms with Gasteiger partial charge in [-0.2, -0.15) is 0 Å². The molecule has 0 aromatic carbocycles. The van der Waals surface area contributed by atoms with Crippen molar-refractivity contribution in [3.63, 3.8) is 0 Å². The zero-order valence-electron chi connectivity index (χ0n) is 15.6. The van der Waals surface area contributed by atoms with Crippen LogP contribution < -0.4 is 4.90 Å². The van der Waals surface area contributed by atoms with Crippen molar-refractivity contribution in [1.29, 1.82) is 0 Å². The molecule has 134 valence electrons. The molecule has 0 aliphatic carbocycles. The topological polar surface area (TPSA) is 35.5 Å². The number of piperazine rings is 1. The monoisotopic (exact) mass is 331 g/mol. The van der Waals surface area contributed by atoms with E-state index in [-0.39, 0.29) is 0 Å². The van der Waals surface area contributed by atoms with Gasteiger partial charge in [0.2, 0.25) is 0 Å². The molecule has 0 saturated carbocycles. The molecule has 3 rings (SSSR count). The summed E-state index contributed by atoms with van der Waals surface area (Å²) in [6, 6.07) is 0. The average Bonchev–Trinajstić information content (AvgIpc) is 2.62. The van der Waals surface area contributed by atoms with Gasteiger partial charge in [-0.05, 0) is 51.9 Å². The van der Waals surface area contributed by atoms with Gasteiger partial charge in [0.05, 0.1) is 18.1 Å². The van der Waals surface area contributed by atoms with Crippen LogP contribution in [0.25, 0.3) is 0 Å². The third-order valence-electron chi connectivity index (χ3n) is 5.60. The first kappa shape index (κ1) is 17.6. The fraction of sp³-hybridized carbons (Fsp3) is 0.789. The number of anilines is 1. The quantitative estimate of drug-likeness (QED) is 0.828. The zero-order chi connectivity index (χ0) is 16.9. The summed E-state index contributed by atoms with van der Waals surface area (Å²) < 4.78 is 0. The largest absolute Gasteiger partial charge is 0.366 e. The van der Waals surface area contributed by atoms with E-state index in [4.69, 9.17) is 0 Å². The van der Waals surface area contributed by atoms with Gasteiger partial charge in [0.1, 0.15) is 5.82 Å². The van der Waals surface area contributed by atoms with Gasteiger partial charge >= 0.3 is 0 Å². The third kappa shape index (κ3) is 4.67. The molecule has 2 saturated heterocycles. The highest BCUT2D eigenvalue weighted by atomic mass is 15.3. The molecule has 0 spiro atoms. The Morgan fingerprint density at radius 3 is 2.21 bits per heavy atom. The summed E-state index contributed by atoms with van der Waals surface area (Å²) in [4.78, 5) is 16.5. The Bertz CT molecular complexity index is 485. The second kappa shape index (κ2) is 8.26. The molecule has 5 nitrogen and oxygen atoms in total. The number of hydrogen-bond acceptors (Lipinski definition) is 5. The van der Waals surface area contributed by atoms with Gasteiger partial charge in [-0.15, -0.1) is 0 Å². The van der Waals surface area contributed by atoms with E-state index in [1.54, 1.807) is 0 Å². The highest BCUT2D eigenvalue weighted by Crippen LogP contribution is 2.21. The van der Waals surface area contributed by atoms with Crippen molar-refractivity contribution in [3.05, 3.63) is 18.2 Å². The van der Waals surface area contributed by atoms with Crippen molar-refractivity contribution in [1.82, 2.24) is 19.8 Å². The van der Waals surface area contributed by atoms with Gasteiger partial charge in [0.25, 0.3) is 0 Å². The lowest BCUT2D eigenvalue weighted by Crippen LogP contribution is -2.47. The van der Waals surface area contributed by atoms with Gasteiger partial charge in [-0.1, -0.05) is 13.8 Å². The normalized spacial score (nSPS) is 21.6. The van der Waals surface area contributed by atoms with Crippen molar-refractivity contribution >= 4 is 5.69 Å². The van der Waals surface area contributed by atoms with E-state index < -0.39 is 0 Å². The Kier molecular flexibility index (Phi) is 6.06. The predicted molar refractivity (Wildman–Crippen MR) is 99.6 cm³/mol. The summed E-state index contributed by atoms with van der Waals surface area (Å²) in [5.74, 6) is 2.28. The van der Waals surface area contributed by atoms with Crippen LogP contribution in [0.5, 0.6) is 0 Å². The maximum Gasteiger partial charge on any atom is 0.130 e.